The van der Waals surface area contributed by atoms with Crippen molar-refractivity contribution in [2.24, 2.45) is 0 Å². The smallest absolute Gasteiger partial charge is 0.305 e. The Morgan fingerprint density at radius 3 is 2.45 bits per heavy atom. The summed E-state index contributed by atoms with van der Waals surface area (Å²) in [4.78, 5) is 35.0. The fourth-order valence-corrected chi connectivity index (χ4v) is 7.35. The molecule has 1 fully saturated rings. The highest BCUT2D eigenvalue weighted by Crippen LogP contribution is 2.59. The van der Waals surface area contributed by atoms with Gasteiger partial charge in [0.25, 0.3) is 11.6 Å². The second-order valence-corrected chi connectivity index (χ2v) is 9.92. The largest absolute Gasteiger partial charge is 0.455 e. The molecule has 2 amide bonds. The Kier molecular flexibility index (Phi) is 5.30. The fourth-order valence-electron chi connectivity index (χ4n) is 3.79. The van der Waals surface area contributed by atoms with Crippen LogP contribution >= 0.6 is 23.5 Å². The first-order chi connectivity index (χ1) is 13.9. The number of amides is 2. The van der Waals surface area contributed by atoms with Crippen molar-refractivity contribution in [3.63, 3.8) is 0 Å². The molecule has 2 N–H and O–H groups in total. The molecule has 1 saturated heterocycles. The second-order valence-electron chi connectivity index (χ2n) is 6.87. The summed E-state index contributed by atoms with van der Waals surface area (Å²) in [5, 5.41) is 10.7. The number of nitro benzene ring substituents is 1. The summed E-state index contributed by atoms with van der Waals surface area (Å²) < 4.78 is 5.87. The highest BCUT2D eigenvalue weighted by atomic mass is 32.2. The number of hydrogen-bond donors (Lipinski definition) is 2. The molecule has 152 valence electrons. The molecular formula is C19H19N3O5S2. The lowest BCUT2D eigenvalue weighted by atomic mass is 9.94. The van der Waals surface area contributed by atoms with Gasteiger partial charge < -0.3 is 4.42 Å². The number of rotatable bonds is 3. The van der Waals surface area contributed by atoms with Crippen LogP contribution in [0.15, 0.2) is 28.7 Å². The summed E-state index contributed by atoms with van der Waals surface area (Å²) in [6.45, 7) is 1.89. The number of nitrogens with one attached hydrogen (secondary N) is 2. The molecule has 1 aliphatic carbocycles. The maximum absolute atomic E-state index is 12.6. The van der Waals surface area contributed by atoms with Gasteiger partial charge in [0, 0.05) is 46.7 Å². The molecule has 2 heterocycles. The first-order valence-electron chi connectivity index (χ1n) is 9.17. The Labute approximate surface area is 175 Å². The molecule has 0 radical (unpaired) electrons. The first kappa shape index (κ1) is 19.8. The van der Waals surface area contributed by atoms with E-state index in [0.29, 0.717) is 0 Å². The minimum atomic E-state index is -0.569. The number of carbonyl (C=O) groups is 2. The molecule has 0 saturated carbocycles. The number of non-ortho nitro benzene ring substituents is 1. The lowest BCUT2D eigenvalue weighted by Crippen LogP contribution is -2.41. The Balaban J connectivity index is 1.47. The predicted molar refractivity (Wildman–Crippen MR) is 111 cm³/mol. The van der Waals surface area contributed by atoms with Crippen LogP contribution in [0.25, 0.3) is 0 Å². The van der Waals surface area contributed by atoms with Crippen LogP contribution in [-0.4, -0.2) is 28.2 Å². The first-order valence-corrected chi connectivity index (χ1v) is 11.1. The van der Waals surface area contributed by atoms with E-state index in [1.54, 1.807) is 0 Å². The third-order valence-corrected chi connectivity index (χ3v) is 8.63. The van der Waals surface area contributed by atoms with Crippen molar-refractivity contribution in [2.45, 2.75) is 30.3 Å². The number of fused-ring (bicyclic) bond motifs is 2. The van der Waals surface area contributed by atoms with Crippen molar-refractivity contribution in [1.82, 2.24) is 10.9 Å². The Morgan fingerprint density at radius 1 is 1.14 bits per heavy atom. The van der Waals surface area contributed by atoms with E-state index in [-0.39, 0.29) is 21.1 Å². The maximum atomic E-state index is 12.6. The van der Waals surface area contributed by atoms with E-state index in [0.717, 1.165) is 47.7 Å². The predicted octanol–water partition coefficient (Wildman–Crippen LogP) is 3.54. The molecule has 29 heavy (non-hydrogen) atoms. The van der Waals surface area contributed by atoms with Gasteiger partial charge in [0.2, 0.25) is 0 Å². The molecule has 1 aliphatic heterocycles. The van der Waals surface area contributed by atoms with Crippen LogP contribution in [0.5, 0.6) is 0 Å². The van der Waals surface area contributed by atoms with Gasteiger partial charge >= 0.3 is 5.91 Å². The van der Waals surface area contributed by atoms with E-state index in [1.807, 2.05) is 30.4 Å². The monoisotopic (exact) mass is 433 g/mol. The Bertz CT molecular complexity index is 980. The number of thioether (sulfide) groups is 2. The van der Waals surface area contributed by atoms with Gasteiger partial charge in [0.05, 0.1) is 9.00 Å². The minimum absolute atomic E-state index is 0.0261. The third-order valence-electron chi connectivity index (χ3n) is 5.10. The van der Waals surface area contributed by atoms with Crippen molar-refractivity contribution in [1.29, 1.82) is 0 Å². The summed E-state index contributed by atoms with van der Waals surface area (Å²) in [6.07, 6.45) is 2.90. The van der Waals surface area contributed by atoms with E-state index in [4.69, 9.17) is 4.42 Å². The topological polar surface area (TPSA) is 114 Å². The SMILES string of the molecule is Cc1c(C(=O)NNC(=O)c2ccc([N+](=O)[O-])cc2)oc2c1C1(CCC2)SCCS1. The quantitative estimate of drug-likeness (QED) is 0.562. The molecule has 2 aliphatic rings. The van der Waals surface area contributed by atoms with Gasteiger partial charge in [0.1, 0.15) is 5.76 Å². The number of hydrazine groups is 1. The van der Waals surface area contributed by atoms with Crippen molar-refractivity contribution < 1.29 is 18.9 Å². The number of benzene rings is 1. The molecule has 1 aromatic heterocycles. The Morgan fingerprint density at radius 2 is 1.79 bits per heavy atom. The van der Waals surface area contributed by atoms with E-state index >= 15 is 0 Å². The third kappa shape index (κ3) is 3.62. The number of nitro groups is 1. The van der Waals surface area contributed by atoms with Crippen molar-refractivity contribution >= 4 is 41.0 Å². The van der Waals surface area contributed by atoms with Crippen LogP contribution in [0.4, 0.5) is 5.69 Å². The molecule has 4 rings (SSSR count). The van der Waals surface area contributed by atoms with Gasteiger partial charge in [-0.2, -0.15) is 0 Å². The van der Waals surface area contributed by atoms with E-state index in [9.17, 15) is 19.7 Å². The van der Waals surface area contributed by atoms with E-state index in [1.165, 1.54) is 24.3 Å². The highest BCUT2D eigenvalue weighted by molar-refractivity contribution is 8.20. The van der Waals surface area contributed by atoms with Crippen LogP contribution in [0.3, 0.4) is 0 Å². The van der Waals surface area contributed by atoms with Crippen LogP contribution < -0.4 is 10.9 Å². The van der Waals surface area contributed by atoms with Crippen molar-refractivity contribution in [3.8, 4) is 0 Å². The molecule has 1 spiro atoms. The van der Waals surface area contributed by atoms with Gasteiger partial charge in [-0.15, -0.1) is 23.5 Å². The zero-order valence-corrected chi connectivity index (χ0v) is 17.3. The van der Waals surface area contributed by atoms with E-state index < -0.39 is 16.7 Å². The fraction of sp³-hybridized carbons (Fsp3) is 0.368. The molecular weight excluding hydrogens is 414 g/mol. The number of hydrogen-bond acceptors (Lipinski definition) is 7. The van der Waals surface area contributed by atoms with Gasteiger partial charge in [-0.25, -0.2) is 0 Å². The normalized spacial score (nSPS) is 17.0. The molecule has 2 aromatic rings. The zero-order chi connectivity index (χ0) is 20.6. The second kappa shape index (κ2) is 7.75. The highest BCUT2D eigenvalue weighted by Gasteiger charge is 2.45. The van der Waals surface area contributed by atoms with E-state index in [2.05, 4.69) is 10.9 Å². The van der Waals surface area contributed by atoms with Gasteiger partial charge in [-0.1, -0.05) is 0 Å². The van der Waals surface area contributed by atoms with Crippen molar-refractivity contribution in [2.75, 3.05) is 11.5 Å². The summed E-state index contributed by atoms with van der Waals surface area (Å²) >= 11 is 3.84. The number of furan rings is 1. The Hall–Kier alpha value is -2.46. The van der Waals surface area contributed by atoms with Gasteiger partial charge in [-0.05, 0) is 31.9 Å². The lowest BCUT2D eigenvalue weighted by Gasteiger charge is -2.31. The number of carbonyl (C=O) groups excluding carboxylic acids is 2. The molecule has 0 bridgehead atoms. The molecule has 0 atom stereocenters. The molecule has 1 aromatic carbocycles. The average Bonchev–Trinajstić information content (AvgIpc) is 3.31. The van der Waals surface area contributed by atoms with Crippen LogP contribution in [-0.2, 0) is 10.5 Å². The van der Waals surface area contributed by atoms with Crippen LogP contribution in [0.2, 0.25) is 0 Å². The summed E-state index contributed by atoms with van der Waals surface area (Å²) in [6, 6.07) is 5.12. The minimum Gasteiger partial charge on any atom is -0.455 e. The van der Waals surface area contributed by atoms with Crippen LogP contribution in [0, 0.1) is 17.0 Å². The number of aryl methyl sites for hydroxylation is 1. The molecule has 8 nitrogen and oxygen atoms in total. The summed E-state index contributed by atoms with van der Waals surface area (Å²) in [5.41, 5.74) is 6.76. The van der Waals surface area contributed by atoms with Crippen LogP contribution in [0.1, 0.15) is 50.6 Å². The van der Waals surface area contributed by atoms with Crippen molar-refractivity contribution in [3.05, 3.63) is 62.6 Å². The molecule has 0 unspecified atom stereocenters. The molecule has 10 heteroatoms. The summed E-state index contributed by atoms with van der Waals surface area (Å²) in [5.74, 6) is 2.16. The van der Waals surface area contributed by atoms with Gasteiger partial charge in [0.15, 0.2) is 5.76 Å². The average molecular weight is 434 g/mol. The summed E-state index contributed by atoms with van der Waals surface area (Å²) in [7, 11) is 0. The maximum Gasteiger partial charge on any atom is 0.305 e. The lowest BCUT2D eigenvalue weighted by molar-refractivity contribution is -0.384. The number of nitrogens with zero attached hydrogens (tertiary/aromatic N) is 1. The standard InChI is InChI=1S/C19H19N3O5S2/c1-11-15-14(3-2-8-19(15)28-9-10-29-19)27-16(11)18(24)21-20-17(23)12-4-6-13(7-5-12)22(25)26/h4-7H,2-3,8-10H2,1H3,(H,20,23)(H,21,24). The zero-order valence-electron chi connectivity index (χ0n) is 15.6. The van der Waals surface area contributed by atoms with Gasteiger partial charge in [-0.3, -0.25) is 30.6 Å².